The molecule has 6 heterocycles. The average molecular weight is 1000 g/mol. The van der Waals surface area contributed by atoms with Gasteiger partial charge in [0.05, 0.1) is 28.5 Å². The molecule has 4 aromatic carbocycles. The molecule has 0 spiro atoms. The highest BCUT2D eigenvalue weighted by atomic mass is 32.1. The molecule has 6 aromatic rings. The van der Waals surface area contributed by atoms with E-state index in [-0.39, 0.29) is 35.5 Å². The number of imide groups is 1. The number of aromatic carboxylic acids is 1. The van der Waals surface area contributed by atoms with Crippen molar-refractivity contribution in [2.45, 2.75) is 71.3 Å². The Labute approximate surface area is 429 Å². The van der Waals surface area contributed by atoms with Crippen molar-refractivity contribution in [1.82, 2.24) is 20.2 Å². The second kappa shape index (κ2) is 21.9. The Morgan fingerprint density at radius 3 is 2.38 bits per heavy atom. The van der Waals surface area contributed by atoms with Crippen LogP contribution in [0.25, 0.3) is 21.3 Å². The van der Waals surface area contributed by atoms with Gasteiger partial charge < -0.3 is 35.3 Å². The minimum Gasteiger partial charge on any atom is -0.493 e. The normalized spacial score (nSPS) is 17.8. The largest absolute Gasteiger partial charge is 0.493 e. The van der Waals surface area contributed by atoms with Crippen LogP contribution < -0.4 is 30.5 Å². The molecule has 0 radical (unpaired) electrons. The molecular formula is C57H63N9O6S. The number of carbonyl (C=O) groups excluding carboxylic acids is 3. The number of anilines is 4. The number of amides is 3. The zero-order valence-electron chi connectivity index (χ0n) is 41.5. The first kappa shape index (κ1) is 49.4. The first-order valence-electron chi connectivity index (χ1n) is 25.7. The lowest BCUT2D eigenvalue weighted by Crippen LogP contribution is -2.44. The van der Waals surface area contributed by atoms with E-state index in [0.717, 1.165) is 114 Å². The number of carbonyl (C=O) groups is 4. The molecule has 4 aliphatic heterocycles. The van der Waals surface area contributed by atoms with Gasteiger partial charge in [-0.1, -0.05) is 47.7 Å². The van der Waals surface area contributed by atoms with Gasteiger partial charge in [0.1, 0.15) is 11.6 Å². The van der Waals surface area contributed by atoms with Crippen LogP contribution in [-0.2, 0) is 22.6 Å². The maximum absolute atomic E-state index is 13.7. The van der Waals surface area contributed by atoms with E-state index in [1.807, 2.05) is 97.7 Å². The van der Waals surface area contributed by atoms with Crippen LogP contribution in [-0.4, -0.2) is 102 Å². The molecule has 73 heavy (non-hydrogen) atoms. The van der Waals surface area contributed by atoms with Crippen LogP contribution in [0.4, 0.5) is 22.3 Å². The minimum absolute atomic E-state index is 0.0263. The van der Waals surface area contributed by atoms with E-state index in [9.17, 15) is 24.3 Å². The molecule has 5 N–H and O–H groups in total. The third-order valence-electron chi connectivity index (χ3n) is 15.5. The fourth-order valence-electron chi connectivity index (χ4n) is 11.2. The molecule has 0 bridgehead atoms. The first-order valence-corrected chi connectivity index (χ1v) is 26.5. The number of carboxylic acids is 1. The topological polar surface area (TPSA) is 193 Å². The van der Waals surface area contributed by atoms with E-state index >= 15 is 0 Å². The fourth-order valence-corrected chi connectivity index (χ4v) is 12.0. The van der Waals surface area contributed by atoms with Crippen LogP contribution >= 0.6 is 11.3 Å². The van der Waals surface area contributed by atoms with E-state index < -0.39 is 11.9 Å². The molecular weight excluding hydrogens is 939 g/mol. The third-order valence-corrected chi connectivity index (χ3v) is 16.4. The van der Waals surface area contributed by atoms with E-state index in [0.29, 0.717) is 72.0 Å². The predicted octanol–water partition coefficient (Wildman–Crippen LogP) is 9.43. The molecule has 378 valence electrons. The van der Waals surface area contributed by atoms with Gasteiger partial charge in [0.15, 0.2) is 10.8 Å². The summed E-state index contributed by atoms with van der Waals surface area (Å²) in [6, 6.07) is 29.2. The van der Waals surface area contributed by atoms with Crippen molar-refractivity contribution < 1.29 is 29.0 Å². The number of piperidine rings is 3. The number of nitrogens with zero attached hydrogens (tertiary/aromatic N) is 5. The van der Waals surface area contributed by atoms with Crippen LogP contribution in [0.15, 0.2) is 91.0 Å². The Balaban J connectivity index is 0.685. The molecule has 10 rings (SSSR count). The zero-order valence-corrected chi connectivity index (χ0v) is 42.4. The summed E-state index contributed by atoms with van der Waals surface area (Å²) in [6.07, 6.45) is 8.04. The fraction of sp³-hybridized carbons (Fsp3) is 0.386. The first-order chi connectivity index (χ1) is 35.5. The van der Waals surface area contributed by atoms with Crippen LogP contribution in [0, 0.1) is 30.1 Å². The number of carboxylic acid groups (broad SMARTS) is 1. The van der Waals surface area contributed by atoms with Crippen molar-refractivity contribution in [3.8, 4) is 16.9 Å². The highest BCUT2D eigenvalue weighted by molar-refractivity contribution is 7.22. The van der Waals surface area contributed by atoms with Crippen molar-refractivity contribution in [1.29, 1.82) is 5.41 Å². The third kappa shape index (κ3) is 11.0. The van der Waals surface area contributed by atoms with Crippen LogP contribution in [0.5, 0.6) is 5.75 Å². The molecule has 0 aliphatic carbocycles. The Hall–Kier alpha value is -7.17. The number of ether oxygens (including phenoxy) is 1. The number of rotatable bonds is 16. The van der Waals surface area contributed by atoms with Gasteiger partial charge in [-0.25, -0.2) is 14.8 Å². The number of hydrogen-bond acceptors (Lipinski definition) is 13. The summed E-state index contributed by atoms with van der Waals surface area (Å²) in [7, 11) is 1.84. The van der Waals surface area contributed by atoms with Gasteiger partial charge in [-0.15, -0.1) is 0 Å². The summed E-state index contributed by atoms with van der Waals surface area (Å²) >= 11 is 1.44. The van der Waals surface area contributed by atoms with Crippen molar-refractivity contribution in [2.24, 2.45) is 17.8 Å². The number of nitrogens with one attached hydrogen (secondary N) is 4. The van der Waals surface area contributed by atoms with Gasteiger partial charge >= 0.3 is 5.97 Å². The van der Waals surface area contributed by atoms with Gasteiger partial charge in [0, 0.05) is 67.7 Å². The number of para-hydroxylation sites is 1. The standard InChI is InChI=1S/C57H63N9O6S/c1-35-40(41-15-17-50(61-53(41)56(70)71)66-31-24-38-7-5-9-42(45(38)34-66)54(68)63-57-60-46-10-3-4-12-49(46)73-57)8-6-11-48(35)72-32-25-37-20-27-64(28-21-37)26-19-36-22-29-65(30-23-36)39-13-14-43(47(33-39)59-2)52(58)44-16-18-51(67)62-55(44)69/h3-15,17,33,36-37,44,58-59H,16,18-32,34H2,1-2H3,(H,70,71)(H,60,63,68)(H,62,67,69). The predicted molar refractivity (Wildman–Crippen MR) is 288 cm³/mol. The Morgan fingerprint density at radius 1 is 0.822 bits per heavy atom. The Morgan fingerprint density at radius 2 is 1.60 bits per heavy atom. The molecule has 0 saturated carbocycles. The quantitative estimate of drug-likeness (QED) is 0.0456. The van der Waals surface area contributed by atoms with Crippen LogP contribution in [0.3, 0.4) is 0 Å². The van der Waals surface area contributed by atoms with Gasteiger partial charge in [-0.05, 0) is 167 Å². The van der Waals surface area contributed by atoms with E-state index in [4.69, 9.17) is 15.1 Å². The lowest BCUT2D eigenvalue weighted by molar-refractivity contribution is -0.134. The maximum atomic E-state index is 13.7. The average Bonchev–Trinajstić information content (AvgIpc) is 3.83. The summed E-state index contributed by atoms with van der Waals surface area (Å²) in [5, 5.41) is 28.4. The molecule has 2 aromatic heterocycles. The second-order valence-electron chi connectivity index (χ2n) is 19.9. The van der Waals surface area contributed by atoms with Crippen LogP contribution in [0.2, 0.25) is 0 Å². The van der Waals surface area contributed by atoms with Crippen molar-refractivity contribution in [2.75, 3.05) is 73.4 Å². The highest BCUT2D eigenvalue weighted by Crippen LogP contribution is 2.36. The number of thiazole rings is 1. The van der Waals surface area contributed by atoms with Gasteiger partial charge in [0.2, 0.25) is 11.8 Å². The van der Waals surface area contributed by atoms with E-state index in [2.05, 4.69) is 42.9 Å². The Bertz CT molecular complexity index is 3030. The van der Waals surface area contributed by atoms with Crippen molar-refractivity contribution in [3.63, 3.8) is 0 Å². The summed E-state index contributed by atoms with van der Waals surface area (Å²) in [6.45, 7) is 8.89. The van der Waals surface area contributed by atoms with Gasteiger partial charge in [0.25, 0.3) is 5.91 Å². The summed E-state index contributed by atoms with van der Waals surface area (Å²) < 4.78 is 7.43. The molecule has 3 fully saturated rings. The SMILES string of the molecule is CNc1cc(N2CCC(CCN3CCC(CCOc4cccc(-c5ccc(N6CCc7cccc(C(=O)Nc8nc9ccccc9s8)c7C6)nc5C(=O)O)c4C)CC3)CC2)ccc1C(=N)C1CCC(=O)NC1=O. The van der Waals surface area contributed by atoms with E-state index in [1.165, 1.54) is 17.8 Å². The highest BCUT2D eigenvalue weighted by Gasteiger charge is 2.32. The minimum atomic E-state index is -1.11. The number of hydrogen-bond donors (Lipinski definition) is 5. The number of aromatic nitrogens is 2. The number of likely N-dealkylation sites (tertiary alicyclic amines) is 1. The summed E-state index contributed by atoms with van der Waals surface area (Å²) in [5.74, 6) is -0.0550. The second-order valence-corrected chi connectivity index (χ2v) is 20.9. The molecule has 16 heteroatoms. The lowest BCUT2D eigenvalue weighted by atomic mass is 9.88. The molecule has 4 aliphatic rings. The lowest BCUT2D eigenvalue weighted by Gasteiger charge is -2.36. The molecule has 1 unspecified atom stereocenters. The number of benzene rings is 4. The van der Waals surface area contributed by atoms with Crippen molar-refractivity contribution >= 4 is 73.3 Å². The molecule has 15 nitrogen and oxygen atoms in total. The molecule has 1 atom stereocenters. The summed E-state index contributed by atoms with van der Waals surface area (Å²) in [4.78, 5) is 67.0. The van der Waals surface area contributed by atoms with Gasteiger partial charge in [-0.2, -0.15) is 0 Å². The molecule has 3 saturated heterocycles. The smallest absolute Gasteiger partial charge is 0.355 e. The van der Waals surface area contributed by atoms with Crippen LogP contribution in [0.1, 0.15) is 94.5 Å². The molecule has 3 amide bonds. The Kier molecular flexibility index (Phi) is 14.8. The van der Waals surface area contributed by atoms with Crippen molar-refractivity contribution in [3.05, 3.63) is 125 Å². The maximum Gasteiger partial charge on any atom is 0.355 e. The monoisotopic (exact) mass is 1000 g/mol. The number of fused-ring (bicyclic) bond motifs is 2. The zero-order chi connectivity index (χ0) is 50.6. The van der Waals surface area contributed by atoms with E-state index in [1.54, 1.807) is 0 Å². The number of pyridine rings is 1. The summed E-state index contributed by atoms with van der Waals surface area (Å²) in [5.41, 5.74) is 8.42. The van der Waals surface area contributed by atoms with Gasteiger partial charge in [-0.3, -0.25) is 25.0 Å².